The van der Waals surface area contributed by atoms with Gasteiger partial charge in [-0.05, 0) is 18.9 Å². The summed E-state index contributed by atoms with van der Waals surface area (Å²) >= 11 is 0. The molecule has 0 spiro atoms. The van der Waals surface area contributed by atoms with E-state index in [9.17, 15) is 9.18 Å². The lowest BCUT2D eigenvalue weighted by molar-refractivity contribution is -0.146. The first-order valence-electron chi connectivity index (χ1n) is 5.66. The quantitative estimate of drug-likeness (QED) is 0.715. The van der Waals surface area contributed by atoms with Gasteiger partial charge in [0.15, 0.2) is 0 Å². The number of halogens is 1. The number of fused-ring (bicyclic) bond motifs is 1. The first-order valence-corrected chi connectivity index (χ1v) is 5.66. The van der Waals surface area contributed by atoms with E-state index >= 15 is 0 Å². The maximum atomic E-state index is 13.7. The van der Waals surface area contributed by atoms with Crippen molar-refractivity contribution in [3.8, 4) is 0 Å². The minimum absolute atomic E-state index is 0.0212. The van der Waals surface area contributed by atoms with Gasteiger partial charge in [-0.15, -0.1) is 0 Å². The molecular formula is C13H13FO2. The molecule has 0 N–H and O–H groups in total. The van der Waals surface area contributed by atoms with Crippen LogP contribution >= 0.6 is 0 Å². The van der Waals surface area contributed by atoms with Gasteiger partial charge in [0.05, 0.1) is 0 Å². The molecule has 16 heavy (non-hydrogen) atoms. The summed E-state index contributed by atoms with van der Waals surface area (Å²) in [5.41, 5.74) is -0.146. The van der Waals surface area contributed by atoms with Gasteiger partial charge in [-0.1, -0.05) is 25.1 Å². The smallest absolute Gasteiger partial charge is 0.317 e. The van der Waals surface area contributed by atoms with Gasteiger partial charge in [-0.3, -0.25) is 4.79 Å². The molecule has 0 aromatic heterocycles. The number of carbonyl (C=O) groups is 1. The largest absolute Gasteiger partial charge is 0.461 e. The molecule has 0 unspecified atom stereocenters. The summed E-state index contributed by atoms with van der Waals surface area (Å²) in [6, 6.07) is 6.53. The molecule has 1 aromatic rings. The summed E-state index contributed by atoms with van der Waals surface area (Å²) in [6.07, 6.45) is 1.53. The Morgan fingerprint density at radius 2 is 2.25 bits per heavy atom. The molecule has 2 nitrogen and oxygen atoms in total. The highest BCUT2D eigenvalue weighted by molar-refractivity contribution is 5.90. The molecule has 0 bridgehead atoms. The second-order valence-corrected chi connectivity index (χ2v) is 4.61. The Morgan fingerprint density at radius 1 is 1.50 bits per heavy atom. The molecule has 2 fully saturated rings. The van der Waals surface area contributed by atoms with Gasteiger partial charge in [0.2, 0.25) is 0 Å². The number of hydrogen-bond acceptors (Lipinski definition) is 2. The minimum atomic E-state index is -0.661. The molecule has 3 rings (SSSR count). The Bertz CT molecular complexity index is 457. The first kappa shape index (κ1) is 9.82. The van der Waals surface area contributed by atoms with Crippen LogP contribution in [-0.4, -0.2) is 12.1 Å². The van der Waals surface area contributed by atoms with Crippen LogP contribution in [0, 0.1) is 11.7 Å². The molecule has 0 radical (unpaired) electrons. The molecule has 3 heteroatoms. The molecule has 1 aliphatic heterocycles. The van der Waals surface area contributed by atoms with Crippen molar-refractivity contribution in [3.63, 3.8) is 0 Å². The molecular weight excluding hydrogens is 207 g/mol. The number of benzene rings is 1. The summed E-state index contributed by atoms with van der Waals surface area (Å²) in [5, 5.41) is 0. The zero-order valence-electron chi connectivity index (χ0n) is 9.07. The van der Waals surface area contributed by atoms with E-state index in [1.54, 1.807) is 18.2 Å². The fourth-order valence-electron chi connectivity index (χ4n) is 2.91. The summed E-state index contributed by atoms with van der Waals surface area (Å²) in [6.45, 7) is 1.99. The van der Waals surface area contributed by atoms with Crippen LogP contribution in [0.25, 0.3) is 0 Å². The van der Waals surface area contributed by atoms with Crippen molar-refractivity contribution < 1.29 is 13.9 Å². The van der Waals surface area contributed by atoms with E-state index in [0.29, 0.717) is 5.56 Å². The van der Waals surface area contributed by atoms with Crippen molar-refractivity contribution in [2.45, 2.75) is 31.3 Å². The van der Waals surface area contributed by atoms with Crippen LogP contribution in [0.5, 0.6) is 0 Å². The second-order valence-electron chi connectivity index (χ2n) is 4.61. The van der Waals surface area contributed by atoms with E-state index in [1.165, 1.54) is 6.07 Å². The van der Waals surface area contributed by atoms with Crippen LogP contribution in [0.2, 0.25) is 0 Å². The standard InChI is InChI=1S/C13H13FO2/c1-2-11-9-7-13(9,12(15)16-11)8-5-3-4-6-10(8)14/h3-6,9,11H,2,7H2,1H3/t9-,11-,13+/m0/s1. The maximum absolute atomic E-state index is 13.7. The average Bonchev–Trinajstić information content (AvgIpc) is 2.97. The number of cyclic esters (lactones) is 1. The highest BCUT2D eigenvalue weighted by Crippen LogP contribution is 2.62. The Hall–Kier alpha value is -1.38. The molecule has 1 heterocycles. The molecule has 1 saturated heterocycles. The van der Waals surface area contributed by atoms with Gasteiger partial charge in [-0.25, -0.2) is 4.39 Å². The third-order valence-electron chi connectivity index (χ3n) is 3.84. The molecule has 1 saturated carbocycles. The fourth-order valence-corrected chi connectivity index (χ4v) is 2.91. The Kier molecular flexibility index (Phi) is 1.88. The highest BCUT2D eigenvalue weighted by Gasteiger charge is 2.71. The van der Waals surface area contributed by atoms with Gasteiger partial charge in [-0.2, -0.15) is 0 Å². The number of esters is 1. The van der Waals surface area contributed by atoms with Gasteiger partial charge >= 0.3 is 5.97 Å². The summed E-state index contributed by atoms with van der Waals surface area (Å²) in [5.74, 6) is -0.352. The summed E-state index contributed by atoms with van der Waals surface area (Å²) < 4.78 is 19.0. The molecule has 0 amide bonds. The van der Waals surface area contributed by atoms with E-state index < -0.39 is 5.41 Å². The monoisotopic (exact) mass is 220 g/mol. The summed E-state index contributed by atoms with van der Waals surface area (Å²) in [4.78, 5) is 11.9. The second kappa shape index (κ2) is 3.06. The van der Waals surface area contributed by atoms with Crippen molar-refractivity contribution in [1.82, 2.24) is 0 Å². The molecule has 2 aliphatic rings. The van der Waals surface area contributed by atoms with Crippen LogP contribution in [0.4, 0.5) is 4.39 Å². The van der Waals surface area contributed by atoms with Crippen LogP contribution in [0.1, 0.15) is 25.3 Å². The lowest BCUT2D eigenvalue weighted by Gasteiger charge is -2.10. The van der Waals surface area contributed by atoms with E-state index in [1.807, 2.05) is 6.92 Å². The van der Waals surface area contributed by atoms with E-state index in [-0.39, 0.29) is 23.8 Å². The van der Waals surface area contributed by atoms with Crippen molar-refractivity contribution >= 4 is 5.97 Å². The van der Waals surface area contributed by atoms with Crippen molar-refractivity contribution in [1.29, 1.82) is 0 Å². The zero-order valence-corrected chi connectivity index (χ0v) is 9.07. The molecule has 1 aromatic carbocycles. The first-order chi connectivity index (χ1) is 7.70. The van der Waals surface area contributed by atoms with Crippen LogP contribution in [0.3, 0.4) is 0 Å². The van der Waals surface area contributed by atoms with Gasteiger partial charge < -0.3 is 4.74 Å². The molecule has 1 aliphatic carbocycles. The van der Waals surface area contributed by atoms with Crippen molar-refractivity contribution in [3.05, 3.63) is 35.6 Å². The number of hydrogen-bond donors (Lipinski definition) is 0. The maximum Gasteiger partial charge on any atom is 0.317 e. The zero-order chi connectivity index (χ0) is 11.3. The van der Waals surface area contributed by atoms with Gasteiger partial charge in [0, 0.05) is 11.5 Å². The lowest BCUT2D eigenvalue weighted by atomic mass is 9.93. The van der Waals surface area contributed by atoms with Crippen molar-refractivity contribution in [2.24, 2.45) is 5.92 Å². The van der Waals surface area contributed by atoms with E-state index in [4.69, 9.17) is 4.74 Å². The molecule has 84 valence electrons. The average molecular weight is 220 g/mol. The van der Waals surface area contributed by atoms with E-state index in [0.717, 1.165) is 12.8 Å². The Morgan fingerprint density at radius 3 is 2.81 bits per heavy atom. The molecule has 3 atom stereocenters. The fraction of sp³-hybridized carbons (Fsp3) is 0.462. The van der Waals surface area contributed by atoms with Crippen LogP contribution in [-0.2, 0) is 14.9 Å². The Balaban J connectivity index is 2.04. The SMILES string of the molecule is CC[C@@H]1OC(=O)[C@@]2(c3ccccc3F)C[C@@H]12. The van der Waals surface area contributed by atoms with Gasteiger partial charge in [0.25, 0.3) is 0 Å². The predicted molar refractivity (Wildman–Crippen MR) is 56.4 cm³/mol. The predicted octanol–water partition coefficient (Wildman–Crippen LogP) is 2.42. The summed E-state index contributed by atoms with van der Waals surface area (Å²) in [7, 11) is 0. The Labute approximate surface area is 93.4 Å². The number of ether oxygens (including phenoxy) is 1. The topological polar surface area (TPSA) is 26.3 Å². The number of rotatable bonds is 2. The number of carbonyl (C=O) groups excluding carboxylic acids is 1. The van der Waals surface area contributed by atoms with Crippen LogP contribution < -0.4 is 0 Å². The van der Waals surface area contributed by atoms with Crippen LogP contribution in [0.15, 0.2) is 24.3 Å². The van der Waals surface area contributed by atoms with E-state index in [2.05, 4.69) is 0 Å². The highest BCUT2D eigenvalue weighted by atomic mass is 19.1. The van der Waals surface area contributed by atoms with Gasteiger partial charge in [0.1, 0.15) is 17.3 Å². The third kappa shape index (κ3) is 1.03. The third-order valence-corrected chi connectivity index (χ3v) is 3.84. The minimum Gasteiger partial charge on any atom is -0.461 e. The normalized spacial score (nSPS) is 35.8. The van der Waals surface area contributed by atoms with Crippen molar-refractivity contribution in [2.75, 3.05) is 0 Å². The lowest BCUT2D eigenvalue weighted by Crippen LogP contribution is -2.20.